The number of likely N-dealkylation sites (tertiary alicyclic amines) is 1. The van der Waals surface area contributed by atoms with Gasteiger partial charge in [0.15, 0.2) is 0 Å². The average Bonchev–Trinajstić information content (AvgIpc) is 3.58. The monoisotopic (exact) mass is 505 g/mol. The molecule has 196 valence electrons. The Balaban J connectivity index is 1.53. The third kappa shape index (κ3) is 6.08. The van der Waals surface area contributed by atoms with E-state index in [4.69, 9.17) is 15.9 Å². The first kappa shape index (κ1) is 26.2. The zero-order valence-corrected chi connectivity index (χ0v) is 21.4. The molecule has 2 aromatic carbocycles. The Kier molecular flexibility index (Phi) is 8.08. The molecule has 10 nitrogen and oxygen atoms in total. The van der Waals surface area contributed by atoms with Crippen LogP contribution in [0.5, 0.6) is 0 Å². The van der Waals surface area contributed by atoms with Crippen LogP contribution in [-0.2, 0) is 26.4 Å². The predicted octanol–water partition coefficient (Wildman–Crippen LogP) is 2.84. The van der Waals surface area contributed by atoms with Crippen molar-refractivity contribution in [1.82, 2.24) is 20.2 Å². The fraction of sp³-hybridized carbons (Fsp3) is 0.407. The van der Waals surface area contributed by atoms with Crippen molar-refractivity contribution < 1.29 is 14.3 Å². The van der Waals surface area contributed by atoms with Gasteiger partial charge in [0, 0.05) is 24.3 Å². The van der Waals surface area contributed by atoms with E-state index in [2.05, 4.69) is 20.6 Å². The van der Waals surface area contributed by atoms with Gasteiger partial charge >= 0.3 is 5.97 Å². The van der Waals surface area contributed by atoms with Gasteiger partial charge < -0.3 is 25.7 Å². The van der Waals surface area contributed by atoms with Crippen LogP contribution in [0.1, 0.15) is 50.1 Å². The lowest BCUT2D eigenvalue weighted by molar-refractivity contribution is -0.144. The van der Waals surface area contributed by atoms with E-state index < -0.39 is 5.54 Å². The number of hydrogen-bond acceptors (Lipinski definition) is 7. The normalized spacial score (nSPS) is 14.9. The minimum atomic E-state index is -1.09. The highest BCUT2D eigenvalue weighted by molar-refractivity contribution is 5.95. The van der Waals surface area contributed by atoms with E-state index >= 15 is 0 Å². The summed E-state index contributed by atoms with van der Waals surface area (Å²) in [4.78, 5) is 35.7. The molecule has 6 N–H and O–H groups in total. The molecule has 1 saturated heterocycles. The highest BCUT2D eigenvalue weighted by Gasteiger charge is 2.39. The zero-order valence-electron chi connectivity index (χ0n) is 21.4. The highest BCUT2D eigenvalue weighted by atomic mass is 16.5. The van der Waals surface area contributed by atoms with Crippen molar-refractivity contribution in [2.75, 3.05) is 31.6 Å². The van der Waals surface area contributed by atoms with E-state index in [0.717, 1.165) is 47.4 Å². The molecule has 1 aliphatic heterocycles. The van der Waals surface area contributed by atoms with Gasteiger partial charge in [-0.25, -0.2) is 4.98 Å². The van der Waals surface area contributed by atoms with Gasteiger partial charge in [0.2, 0.25) is 5.91 Å². The fourth-order valence-corrected chi connectivity index (χ4v) is 4.46. The minimum absolute atomic E-state index is 0.0298. The first-order chi connectivity index (χ1) is 17.8. The largest absolute Gasteiger partial charge is 0.465 e. The number of aromatic nitrogens is 2. The number of H-pyrrole nitrogens is 1. The van der Waals surface area contributed by atoms with Gasteiger partial charge in [-0.3, -0.25) is 20.3 Å². The summed E-state index contributed by atoms with van der Waals surface area (Å²) in [7, 11) is 0. The maximum Gasteiger partial charge on any atom is 0.319 e. The van der Waals surface area contributed by atoms with Crippen LogP contribution < -0.4 is 16.4 Å². The van der Waals surface area contributed by atoms with E-state index in [1.165, 1.54) is 0 Å². The van der Waals surface area contributed by atoms with Crippen molar-refractivity contribution in [2.45, 2.75) is 45.2 Å². The number of aromatic amines is 1. The number of amides is 1. The van der Waals surface area contributed by atoms with Crippen molar-refractivity contribution in [3.8, 4) is 0 Å². The molecule has 1 amide bonds. The number of ether oxygens (including phenoxy) is 1. The predicted molar refractivity (Wildman–Crippen MR) is 143 cm³/mol. The first-order valence-corrected chi connectivity index (χ1v) is 12.7. The second kappa shape index (κ2) is 11.4. The maximum absolute atomic E-state index is 13.6. The number of anilines is 1. The van der Waals surface area contributed by atoms with E-state index in [1.807, 2.05) is 49.1 Å². The molecule has 0 saturated carbocycles. The number of imidazole rings is 1. The van der Waals surface area contributed by atoms with E-state index in [0.29, 0.717) is 31.8 Å². The molecule has 0 spiro atoms. The van der Waals surface area contributed by atoms with Crippen molar-refractivity contribution in [3.63, 3.8) is 0 Å². The number of benzene rings is 2. The van der Waals surface area contributed by atoms with Gasteiger partial charge in [0.05, 0.1) is 30.7 Å². The Morgan fingerprint density at radius 3 is 2.59 bits per heavy atom. The molecule has 3 aromatic rings. The molecule has 1 fully saturated rings. The van der Waals surface area contributed by atoms with Crippen LogP contribution >= 0.6 is 0 Å². The minimum Gasteiger partial charge on any atom is -0.465 e. The number of rotatable bonds is 11. The summed E-state index contributed by atoms with van der Waals surface area (Å²) in [6.45, 7) is 5.96. The lowest BCUT2D eigenvalue weighted by Crippen LogP contribution is -2.54. The third-order valence-corrected chi connectivity index (χ3v) is 6.64. The number of esters is 1. The summed E-state index contributed by atoms with van der Waals surface area (Å²) < 4.78 is 5.22. The fourth-order valence-electron chi connectivity index (χ4n) is 4.46. The van der Waals surface area contributed by atoms with Crippen LogP contribution in [-0.4, -0.2) is 58.8 Å². The zero-order chi connectivity index (χ0) is 26.4. The second-order valence-corrected chi connectivity index (χ2v) is 9.46. The molecular formula is C27H35N7O3. The number of carbonyl (C=O) groups excluding carboxylic acids is 2. The number of carbonyl (C=O) groups is 2. The summed E-state index contributed by atoms with van der Waals surface area (Å²) in [6, 6.07) is 13.0. The lowest BCUT2D eigenvalue weighted by Gasteiger charge is -2.34. The van der Waals surface area contributed by atoms with E-state index in [9.17, 15) is 9.59 Å². The molecule has 0 bridgehead atoms. The summed E-state index contributed by atoms with van der Waals surface area (Å²) in [6.07, 6.45) is 2.70. The van der Waals surface area contributed by atoms with Gasteiger partial charge in [-0.2, -0.15) is 0 Å². The Labute approximate surface area is 216 Å². The Morgan fingerprint density at radius 1 is 1.19 bits per heavy atom. The first-order valence-electron chi connectivity index (χ1n) is 12.7. The van der Waals surface area contributed by atoms with Gasteiger partial charge in [-0.15, -0.1) is 0 Å². The Morgan fingerprint density at radius 2 is 1.92 bits per heavy atom. The van der Waals surface area contributed by atoms with Crippen LogP contribution in [0, 0.1) is 5.41 Å². The van der Waals surface area contributed by atoms with Crippen molar-refractivity contribution in [2.24, 2.45) is 5.73 Å². The molecule has 1 aliphatic rings. The summed E-state index contributed by atoms with van der Waals surface area (Å²) in [5.41, 5.74) is 8.32. The number of amidine groups is 1. The lowest BCUT2D eigenvalue weighted by atomic mass is 9.89. The smallest absolute Gasteiger partial charge is 0.319 e. The molecule has 10 heteroatoms. The molecular weight excluding hydrogens is 470 g/mol. The number of fused-ring (bicyclic) bond motifs is 1. The van der Waals surface area contributed by atoms with Crippen LogP contribution in [0.25, 0.3) is 11.0 Å². The molecule has 4 rings (SSSR count). The van der Waals surface area contributed by atoms with Crippen LogP contribution in [0.3, 0.4) is 0 Å². The highest BCUT2D eigenvalue weighted by Crippen LogP contribution is 2.28. The number of nitrogens with two attached hydrogens (primary N) is 1. The van der Waals surface area contributed by atoms with Crippen LogP contribution in [0.4, 0.5) is 5.69 Å². The average molecular weight is 506 g/mol. The van der Waals surface area contributed by atoms with Crippen LogP contribution in [0.15, 0.2) is 42.5 Å². The number of nitrogens with one attached hydrogen (secondary N) is 4. The summed E-state index contributed by atoms with van der Waals surface area (Å²) >= 11 is 0. The molecule has 0 aliphatic carbocycles. The Hall–Kier alpha value is -3.92. The topological polar surface area (TPSA) is 149 Å². The Bertz CT molecular complexity index is 1260. The van der Waals surface area contributed by atoms with Crippen molar-refractivity contribution in [1.29, 1.82) is 5.41 Å². The maximum atomic E-state index is 13.6. The summed E-state index contributed by atoms with van der Waals surface area (Å²) in [5, 5.41) is 14.0. The van der Waals surface area contributed by atoms with Gasteiger partial charge in [-0.05, 0) is 68.1 Å². The molecule has 0 unspecified atom stereocenters. The van der Waals surface area contributed by atoms with Crippen molar-refractivity contribution in [3.05, 3.63) is 59.4 Å². The standard InChI is InChI=1S/C27H35N7O3/c1-3-14-37-24(35)17-31-27(2,26(36)34-12-4-5-13-34)19-8-11-21-22(15-19)33-23(32-21)16-30-20-9-6-18(7-10-20)25(28)29/h6-11,15,30-31H,3-5,12-14,16-17H2,1-2H3,(H3,28,29)(H,32,33)/t27-/m1/s1. The van der Waals surface area contributed by atoms with Gasteiger partial charge in [0.1, 0.15) is 17.2 Å². The second-order valence-electron chi connectivity index (χ2n) is 9.46. The molecule has 1 aromatic heterocycles. The van der Waals surface area contributed by atoms with E-state index in [1.54, 1.807) is 12.1 Å². The van der Waals surface area contributed by atoms with Crippen molar-refractivity contribution >= 4 is 34.4 Å². The number of hydrogen-bond donors (Lipinski definition) is 5. The van der Waals surface area contributed by atoms with Crippen LogP contribution in [0.2, 0.25) is 0 Å². The molecule has 1 atom stereocenters. The molecule has 37 heavy (non-hydrogen) atoms. The number of nitrogens with zero attached hydrogens (tertiary/aromatic N) is 2. The quantitative estimate of drug-likeness (QED) is 0.153. The molecule has 0 radical (unpaired) electrons. The SMILES string of the molecule is CCCOC(=O)CN[C@@](C)(C(=O)N1CCCC1)c1ccc2nc(CNc3ccc(C(=N)N)cc3)[nH]c2c1. The van der Waals surface area contributed by atoms with Gasteiger partial charge in [-0.1, -0.05) is 13.0 Å². The summed E-state index contributed by atoms with van der Waals surface area (Å²) in [5.74, 6) is 0.339. The van der Waals surface area contributed by atoms with Gasteiger partial charge in [0.25, 0.3) is 0 Å². The van der Waals surface area contributed by atoms with E-state index in [-0.39, 0.29) is 24.3 Å². The third-order valence-electron chi connectivity index (χ3n) is 6.64. The number of nitrogen functional groups attached to an aromatic ring is 1. The molecule has 2 heterocycles.